The Balaban J connectivity index is 1.19. The van der Waals surface area contributed by atoms with Crippen molar-refractivity contribution in [2.24, 2.45) is 0 Å². The van der Waals surface area contributed by atoms with E-state index < -0.39 is 11.6 Å². The predicted molar refractivity (Wildman–Crippen MR) is 143 cm³/mol. The highest BCUT2D eigenvalue weighted by Gasteiger charge is 2.37. The van der Waals surface area contributed by atoms with E-state index in [0.717, 1.165) is 41.0 Å². The number of hydrogen-bond donors (Lipinski definition) is 2. The lowest BCUT2D eigenvalue weighted by molar-refractivity contribution is -0.0640. The van der Waals surface area contributed by atoms with Crippen LogP contribution >= 0.6 is 11.6 Å². The number of nitrogens with zero attached hydrogens (tertiary/aromatic N) is 2. The highest BCUT2D eigenvalue weighted by Crippen LogP contribution is 2.46. The smallest absolute Gasteiger partial charge is 0.336 e. The van der Waals surface area contributed by atoms with Gasteiger partial charge in [-0.15, -0.1) is 0 Å². The summed E-state index contributed by atoms with van der Waals surface area (Å²) in [5.41, 5.74) is 4.08. The molecule has 2 aliphatic rings. The van der Waals surface area contributed by atoms with Crippen LogP contribution in [0, 0.1) is 6.92 Å². The molecule has 0 atom stereocenters. The number of rotatable bonds is 7. The third-order valence-electron chi connectivity index (χ3n) is 7.96. The molecule has 0 bridgehead atoms. The monoisotopic (exact) mass is 532 g/mol. The lowest BCUT2D eigenvalue weighted by atomic mass is 9.78. The average Bonchev–Trinajstić information content (AvgIpc) is 3.67. The van der Waals surface area contributed by atoms with Crippen molar-refractivity contribution in [1.82, 2.24) is 10.1 Å². The van der Waals surface area contributed by atoms with E-state index in [1.54, 1.807) is 12.1 Å². The Morgan fingerprint density at radius 3 is 2.66 bits per heavy atom. The van der Waals surface area contributed by atoms with E-state index in [9.17, 15) is 15.0 Å². The first-order valence-corrected chi connectivity index (χ1v) is 13.4. The van der Waals surface area contributed by atoms with Crippen LogP contribution in [0.25, 0.3) is 22.2 Å². The average molecular weight is 533 g/mol. The Bertz CT molecular complexity index is 1500. The van der Waals surface area contributed by atoms with Crippen LogP contribution in [0.5, 0.6) is 0 Å². The third kappa shape index (κ3) is 4.59. The minimum atomic E-state index is -1.05. The van der Waals surface area contributed by atoms with Gasteiger partial charge in [0.1, 0.15) is 11.5 Å². The molecular weight excluding hydrogens is 504 g/mol. The van der Waals surface area contributed by atoms with Crippen LogP contribution in [0.2, 0.25) is 5.02 Å². The summed E-state index contributed by atoms with van der Waals surface area (Å²) in [7, 11) is 0. The number of halogens is 1. The lowest BCUT2D eigenvalue weighted by Gasteiger charge is -2.36. The summed E-state index contributed by atoms with van der Waals surface area (Å²) in [4.78, 5) is 16.0. The first kappa shape index (κ1) is 25.0. The van der Waals surface area contributed by atoms with E-state index in [1.807, 2.05) is 31.2 Å². The standard InChI is InChI=1S/C30H29ClN2O5/c1-17-3-2-4-24(31)26(17)27-23(28(38-33-27)18-5-6-18)16-37-20-9-12-30(36,13-10-20)19-7-8-25-22(15-19)21(29(34)35)11-14-32-25/h2-4,7-8,11,14-15,18,20,36H,5-6,9-10,12-13,16H2,1H3,(H,34,35)/t20-,30-. The van der Waals surface area contributed by atoms with Crippen LogP contribution in [0.1, 0.15) is 77.3 Å². The van der Waals surface area contributed by atoms with E-state index in [1.165, 1.54) is 12.3 Å². The molecule has 2 saturated carbocycles. The van der Waals surface area contributed by atoms with Gasteiger partial charge < -0.3 is 19.5 Å². The molecule has 0 radical (unpaired) electrons. The number of ether oxygens (including phenoxy) is 1. The van der Waals surface area contributed by atoms with Crippen molar-refractivity contribution in [3.05, 3.63) is 81.7 Å². The van der Waals surface area contributed by atoms with Gasteiger partial charge in [-0.05, 0) is 80.8 Å². The summed E-state index contributed by atoms with van der Waals surface area (Å²) in [6.07, 6.45) is 6.04. The van der Waals surface area contributed by atoms with Gasteiger partial charge in [0.15, 0.2) is 0 Å². The van der Waals surface area contributed by atoms with Gasteiger partial charge in [-0.3, -0.25) is 4.98 Å². The van der Waals surface area contributed by atoms with Crippen LogP contribution in [-0.4, -0.2) is 32.4 Å². The molecule has 2 aliphatic carbocycles. The molecule has 4 aromatic rings. The van der Waals surface area contributed by atoms with Crippen molar-refractivity contribution in [3.63, 3.8) is 0 Å². The molecule has 0 amide bonds. The predicted octanol–water partition coefficient (Wildman–Crippen LogP) is 6.77. The maximum absolute atomic E-state index is 11.7. The molecule has 196 valence electrons. The zero-order valence-electron chi connectivity index (χ0n) is 21.1. The third-order valence-corrected chi connectivity index (χ3v) is 8.27. The van der Waals surface area contributed by atoms with Crippen LogP contribution in [0.3, 0.4) is 0 Å². The number of aryl methyl sites for hydroxylation is 1. The van der Waals surface area contributed by atoms with E-state index >= 15 is 0 Å². The molecular formula is C30H29ClN2O5. The van der Waals surface area contributed by atoms with Gasteiger partial charge in [-0.2, -0.15) is 0 Å². The number of carboxylic acids is 1. The van der Waals surface area contributed by atoms with Crippen molar-refractivity contribution in [1.29, 1.82) is 0 Å². The first-order chi connectivity index (χ1) is 18.3. The second-order valence-corrected chi connectivity index (χ2v) is 10.9. The molecule has 2 heterocycles. The van der Waals surface area contributed by atoms with Crippen LogP contribution in [-0.2, 0) is 16.9 Å². The number of carboxylic acid groups (broad SMARTS) is 1. The molecule has 38 heavy (non-hydrogen) atoms. The van der Waals surface area contributed by atoms with Gasteiger partial charge in [0.25, 0.3) is 0 Å². The zero-order valence-corrected chi connectivity index (χ0v) is 21.9. The fraction of sp³-hybridized carbons (Fsp3) is 0.367. The summed E-state index contributed by atoms with van der Waals surface area (Å²) in [5, 5.41) is 26.7. The van der Waals surface area contributed by atoms with Crippen molar-refractivity contribution in [3.8, 4) is 11.3 Å². The molecule has 0 unspecified atom stereocenters. The Morgan fingerprint density at radius 1 is 1.16 bits per heavy atom. The number of aromatic nitrogens is 2. The molecule has 2 aromatic carbocycles. The maximum atomic E-state index is 11.7. The van der Waals surface area contributed by atoms with Crippen LogP contribution in [0.15, 0.2) is 53.2 Å². The second-order valence-electron chi connectivity index (χ2n) is 10.5. The number of carbonyl (C=O) groups is 1. The minimum absolute atomic E-state index is 0.0193. The van der Waals surface area contributed by atoms with E-state index in [2.05, 4.69) is 10.1 Å². The molecule has 2 aromatic heterocycles. The molecule has 8 heteroatoms. The molecule has 0 spiro atoms. The Morgan fingerprint density at radius 2 is 1.95 bits per heavy atom. The fourth-order valence-electron chi connectivity index (χ4n) is 5.60. The molecule has 2 N–H and O–H groups in total. The normalized spacial score (nSPS) is 21.6. The van der Waals surface area contributed by atoms with Gasteiger partial charge in [-0.1, -0.05) is 35.0 Å². The minimum Gasteiger partial charge on any atom is -0.478 e. The van der Waals surface area contributed by atoms with Gasteiger partial charge in [0.05, 0.1) is 34.4 Å². The Labute approximate surface area is 225 Å². The zero-order chi connectivity index (χ0) is 26.4. The number of aromatic carboxylic acids is 1. The summed E-state index contributed by atoms with van der Waals surface area (Å²) in [6.45, 7) is 2.39. The second kappa shape index (κ2) is 9.80. The Hall–Kier alpha value is -3.26. The van der Waals surface area contributed by atoms with Crippen molar-refractivity contribution < 1.29 is 24.3 Å². The van der Waals surface area contributed by atoms with Crippen LogP contribution < -0.4 is 0 Å². The van der Waals surface area contributed by atoms with Gasteiger partial charge in [-0.25, -0.2) is 4.79 Å². The number of hydrogen-bond acceptors (Lipinski definition) is 6. The molecule has 0 aliphatic heterocycles. The lowest BCUT2D eigenvalue weighted by Crippen LogP contribution is -2.34. The van der Waals surface area contributed by atoms with Crippen LogP contribution in [0.4, 0.5) is 0 Å². The summed E-state index contributed by atoms with van der Waals surface area (Å²) < 4.78 is 12.2. The summed E-state index contributed by atoms with van der Waals surface area (Å²) in [5.74, 6) is 0.266. The molecule has 0 saturated heterocycles. The van der Waals surface area contributed by atoms with Gasteiger partial charge >= 0.3 is 5.97 Å². The van der Waals surface area contributed by atoms with E-state index in [4.69, 9.17) is 20.9 Å². The Kier molecular flexibility index (Phi) is 6.46. The highest BCUT2D eigenvalue weighted by molar-refractivity contribution is 6.33. The molecule has 6 rings (SSSR count). The maximum Gasteiger partial charge on any atom is 0.336 e. The molecule has 2 fully saturated rings. The topological polar surface area (TPSA) is 106 Å². The first-order valence-electron chi connectivity index (χ1n) is 13.0. The number of pyridine rings is 1. The summed E-state index contributed by atoms with van der Waals surface area (Å²) in [6, 6.07) is 12.7. The SMILES string of the molecule is Cc1cccc(Cl)c1-c1noc(C2CC2)c1CO[C@H]1CC[C@@](O)(c2ccc3nccc(C(=O)O)c3c2)CC1. The van der Waals surface area contributed by atoms with Crippen molar-refractivity contribution >= 4 is 28.5 Å². The van der Waals surface area contributed by atoms with Gasteiger partial charge in [0.2, 0.25) is 0 Å². The van der Waals surface area contributed by atoms with E-state index in [-0.39, 0.29) is 11.7 Å². The molecule has 7 nitrogen and oxygen atoms in total. The quantitative estimate of drug-likeness (QED) is 0.270. The highest BCUT2D eigenvalue weighted by atomic mass is 35.5. The van der Waals surface area contributed by atoms with Gasteiger partial charge in [0, 0.05) is 28.6 Å². The summed E-state index contributed by atoms with van der Waals surface area (Å²) >= 11 is 6.56. The number of benzene rings is 2. The van der Waals surface area contributed by atoms with Crippen molar-refractivity contribution in [2.75, 3.05) is 0 Å². The van der Waals surface area contributed by atoms with Crippen molar-refractivity contribution in [2.45, 2.75) is 69.7 Å². The fourth-order valence-corrected chi connectivity index (χ4v) is 5.91. The largest absolute Gasteiger partial charge is 0.478 e. The van der Waals surface area contributed by atoms with E-state index in [0.29, 0.717) is 59.7 Å². The number of fused-ring (bicyclic) bond motifs is 1. The number of aliphatic hydroxyl groups is 1.